The molecule has 0 atom stereocenters. The van der Waals surface area contributed by atoms with E-state index in [1.54, 1.807) is 12.4 Å². The lowest BCUT2D eigenvalue weighted by Gasteiger charge is -2.25. The summed E-state index contributed by atoms with van der Waals surface area (Å²) in [6, 6.07) is 6.37. The molecule has 2 N–H and O–H groups in total. The third-order valence-electron chi connectivity index (χ3n) is 3.98. The minimum Gasteiger partial charge on any atom is -0.328 e. The zero-order valence-electron chi connectivity index (χ0n) is 11.8. The number of hydrogen-bond acceptors (Lipinski definition) is 4. The summed E-state index contributed by atoms with van der Waals surface area (Å²) in [7, 11) is 0. The first-order valence-corrected chi connectivity index (χ1v) is 7.24. The fourth-order valence-corrected chi connectivity index (χ4v) is 2.82. The maximum Gasteiger partial charge on any atom is 0.132 e. The second kappa shape index (κ2) is 5.67. The average molecular weight is 268 g/mol. The van der Waals surface area contributed by atoms with E-state index >= 15 is 0 Å². The van der Waals surface area contributed by atoms with Crippen molar-refractivity contribution in [2.24, 2.45) is 5.73 Å². The lowest BCUT2D eigenvalue weighted by atomic mass is 9.86. The van der Waals surface area contributed by atoms with Gasteiger partial charge in [0, 0.05) is 35.6 Å². The van der Waals surface area contributed by atoms with Crippen molar-refractivity contribution in [2.45, 2.75) is 44.6 Å². The molecule has 0 unspecified atom stereocenters. The molecule has 0 amide bonds. The zero-order chi connectivity index (χ0) is 13.9. The van der Waals surface area contributed by atoms with Crippen molar-refractivity contribution in [3.05, 3.63) is 42.1 Å². The molecular weight excluding hydrogens is 248 g/mol. The molecule has 0 radical (unpaired) electrons. The summed E-state index contributed by atoms with van der Waals surface area (Å²) in [5, 5.41) is 0. The summed E-state index contributed by atoms with van der Waals surface area (Å²) in [5.74, 6) is 1.43. The van der Waals surface area contributed by atoms with Gasteiger partial charge >= 0.3 is 0 Å². The standard InChI is InChI=1S/C16H20N4/c1-11-10-15(12-6-8-18-9-7-12)20-16(19-11)13-2-4-14(17)5-3-13/h6-10,13-14H,2-5,17H2,1H3. The highest BCUT2D eigenvalue weighted by atomic mass is 14.9. The van der Waals surface area contributed by atoms with Gasteiger partial charge < -0.3 is 5.73 Å². The predicted octanol–water partition coefficient (Wildman–Crippen LogP) is 2.83. The Kier molecular flexibility index (Phi) is 3.74. The summed E-state index contributed by atoms with van der Waals surface area (Å²) in [5.41, 5.74) is 9.09. The maximum atomic E-state index is 5.98. The van der Waals surface area contributed by atoms with Crippen LogP contribution in [0.2, 0.25) is 0 Å². The van der Waals surface area contributed by atoms with Gasteiger partial charge in [0.15, 0.2) is 0 Å². The molecule has 0 saturated heterocycles. The predicted molar refractivity (Wildman–Crippen MR) is 79.2 cm³/mol. The van der Waals surface area contributed by atoms with Gasteiger partial charge in [0.2, 0.25) is 0 Å². The van der Waals surface area contributed by atoms with Crippen LogP contribution in [-0.4, -0.2) is 21.0 Å². The van der Waals surface area contributed by atoms with Crippen LogP contribution < -0.4 is 5.73 Å². The van der Waals surface area contributed by atoms with E-state index in [2.05, 4.69) is 9.97 Å². The summed E-state index contributed by atoms with van der Waals surface area (Å²) in [6.07, 6.45) is 7.94. The summed E-state index contributed by atoms with van der Waals surface area (Å²) in [4.78, 5) is 13.5. The molecule has 4 nitrogen and oxygen atoms in total. The second-order valence-electron chi connectivity index (χ2n) is 5.60. The van der Waals surface area contributed by atoms with E-state index in [0.29, 0.717) is 12.0 Å². The van der Waals surface area contributed by atoms with Crippen LogP contribution in [0.1, 0.15) is 43.1 Å². The lowest BCUT2D eigenvalue weighted by molar-refractivity contribution is 0.384. The van der Waals surface area contributed by atoms with E-state index in [-0.39, 0.29) is 0 Å². The number of aryl methyl sites for hydroxylation is 1. The largest absolute Gasteiger partial charge is 0.328 e. The Bertz CT molecular complexity index is 574. The molecule has 104 valence electrons. The lowest BCUT2D eigenvalue weighted by Crippen LogP contribution is -2.26. The molecule has 2 aromatic heterocycles. The first kappa shape index (κ1) is 13.2. The summed E-state index contributed by atoms with van der Waals surface area (Å²) in [6.45, 7) is 2.03. The quantitative estimate of drug-likeness (QED) is 0.909. The van der Waals surface area contributed by atoms with Gasteiger partial charge in [0.05, 0.1) is 5.69 Å². The highest BCUT2D eigenvalue weighted by Gasteiger charge is 2.22. The van der Waals surface area contributed by atoms with Gasteiger partial charge in [-0.05, 0) is 50.8 Å². The van der Waals surface area contributed by atoms with Gasteiger partial charge in [-0.15, -0.1) is 0 Å². The fourth-order valence-electron chi connectivity index (χ4n) is 2.82. The Morgan fingerprint density at radius 3 is 2.45 bits per heavy atom. The Hall–Kier alpha value is -1.81. The number of rotatable bonds is 2. The summed E-state index contributed by atoms with van der Waals surface area (Å²) < 4.78 is 0. The smallest absolute Gasteiger partial charge is 0.132 e. The minimum absolute atomic E-state index is 0.357. The van der Waals surface area contributed by atoms with E-state index in [0.717, 1.165) is 48.5 Å². The fraction of sp³-hybridized carbons (Fsp3) is 0.438. The first-order chi connectivity index (χ1) is 9.72. The van der Waals surface area contributed by atoms with E-state index < -0.39 is 0 Å². The molecule has 4 heteroatoms. The van der Waals surface area contributed by atoms with Crippen LogP contribution in [0, 0.1) is 6.92 Å². The van der Waals surface area contributed by atoms with Crippen LogP contribution in [0.4, 0.5) is 0 Å². The molecule has 20 heavy (non-hydrogen) atoms. The van der Waals surface area contributed by atoms with Crippen LogP contribution in [0.5, 0.6) is 0 Å². The van der Waals surface area contributed by atoms with E-state index in [1.807, 2.05) is 25.1 Å². The number of nitrogens with zero attached hydrogens (tertiary/aromatic N) is 3. The average Bonchev–Trinajstić information content (AvgIpc) is 2.48. The first-order valence-electron chi connectivity index (χ1n) is 7.24. The molecule has 0 bridgehead atoms. The molecule has 0 aliphatic heterocycles. The molecule has 0 aromatic carbocycles. The van der Waals surface area contributed by atoms with Crippen molar-refractivity contribution < 1.29 is 0 Å². The normalized spacial score (nSPS) is 22.7. The van der Waals surface area contributed by atoms with Crippen molar-refractivity contribution in [2.75, 3.05) is 0 Å². The van der Waals surface area contributed by atoms with Gasteiger partial charge in [-0.3, -0.25) is 4.98 Å². The van der Waals surface area contributed by atoms with Gasteiger partial charge in [0.25, 0.3) is 0 Å². The topological polar surface area (TPSA) is 64.7 Å². The molecule has 0 spiro atoms. The van der Waals surface area contributed by atoms with Gasteiger partial charge in [-0.1, -0.05) is 0 Å². The molecule has 1 aliphatic carbocycles. The molecular formula is C16H20N4. The molecule has 1 aliphatic rings. The van der Waals surface area contributed by atoms with Crippen molar-refractivity contribution in [3.8, 4) is 11.3 Å². The van der Waals surface area contributed by atoms with Crippen LogP contribution in [0.15, 0.2) is 30.6 Å². The Morgan fingerprint density at radius 2 is 1.75 bits per heavy atom. The van der Waals surface area contributed by atoms with Crippen molar-refractivity contribution in [1.29, 1.82) is 0 Å². The van der Waals surface area contributed by atoms with Gasteiger partial charge in [-0.2, -0.15) is 0 Å². The number of aromatic nitrogens is 3. The Labute approximate surface area is 119 Å². The third-order valence-corrected chi connectivity index (χ3v) is 3.98. The van der Waals surface area contributed by atoms with Gasteiger partial charge in [0.1, 0.15) is 5.82 Å². The Balaban J connectivity index is 1.91. The molecule has 3 rings (SSSR count). The SMILES string of the molecule is Cc1cc(-c2ccncc2)nc(C2CCC(N)CC2)n1. The minimum atomic E-state index is 0.357. The highest BCUT2D eigenvalue weighted by molar-refractivity contribution is 5.58. The summed E-state index contributed by atoms with van der Waals surface area (Å²) >= 11 is 0. The van der Waals surface area contributed by atoms with Crippen LogP contribution in [-0.2, 0) is 0 Å². The third kappa shape index (κ3) is 2.85. The molecule has 2 heterocycles. The van der Waals surface area contributed by atoms with Crippen molar-refractivity contribution >= 4 is 0 Å². The van der Waals surface area contributed by atoms with E-state index in [1.165, 1.54) is 0 Å². The van der Waals surface area contributed by atoms with Crippen LogP contribution in [0.25, 0.3) is 11.3 Å². The molecule has 1 fully saturated rings. The second-order valence-corrected chi connectivity index (χ2v) is 5.60. The molecule has 1 saturated carbocycles. The Morgan fingerprint density at radius 1 is 1.05 bits per heavy atom. The maximum absolute atomic E-state index is 5.98. The van der Waals surface area contributed by atoms with Crippen molar-refractivity contribution in [3.63, 3.8) is 0 Å². The number of pyridine rings is 1. The van der Waals surface area contributed by atoms with Gasteiger partial charge in [-0.25, -0.2) is 9.97 Å². The highest BCUT2D eigenvalue weighted by Crippen LogP contribution is 2.31. The van der Waals surface area contributed by atoms with E-state index in [4.69, 9.17) is 10.7 Å². The molecule has 2 aromatic rings. The van der Waals surface area contributed by atoms with Crippen LogP contribution in [0.3, 0.4) is 0 Å². The monoisotopic (exact) mass is 268 g/mol. The van der Waals surface area contributed by atoms with E-state index in [9.17, 15) is 0 Å². The number of hydrogen-bond donors (Lipinski definition) is 1. The zero-order valence-corrected chi connectivity index (χ0v) is 11.8. The van der Waals surface area contributed by atoms with Crippen LogP contribution >= 0.6 is 0 Å². The number of nitrogens with two attached hydrogens (primary N) is 1. The van der Waals surface area contributed by atoms with Crippen molar-refractivity contribution in [1.82, 2.24) is 15.0 Å².